The third kappa shape index (κ3) is 6.92. The van der Waals surface area contributed by atoms with Gasteiger partial charge in [-0.25, -0.2) is 18.4 Å². The molecule has 1 amide bonds. The normalized spacial score (nSPS) is 15.1. The lowest BCUT2D eigenvalue weighted by Crippen LogP contribution is -2.49. The van der Waals surface area contributed by atoms with E-state index in [1.165, 1.54) is 4.90 Å². The zero-order valence-electron chi connectivity index (χ0n) is 19.9. The SMILES string of the molecule is CC(C)(C)OC(=O)N(Cc1cc(F)c(N)c(F)c1)[C@@H](Cc1ccccc1)C(=O)OC1CCCC1. The van der Waals surface area contributed by atoms with Crippen molar-refractivity contribution in [3.63, 3.8) is 0 Å². The molecule has 1 fully saturated rings. The summed E-state index contributed by atoms with van der Waals surface area (Å²) < 4.78 is 39.6. The molecule has 34 heavy (non-hydrogen) atoms. The molecule has 0 heterocycles. The summed E-state index contributed by atoms with van der Waals surface area (Å²) in [4.78, 5) is 27.8. The Bertz CT molecular complexity index is 979. The number of rotatable bonds is 7. The largest absolute Gasteiger partial charge is 0.461 e. The monoisotopic (exact) mass is 474 g/mol. The lowest BCUT2D eigenvalue weighted by atomic mass is 10.0. The minimum atomic E-state index is -1.05. The van der Waals surface area contributed by atoms with Crippen molar-refractivity contribution < 1.29 is 27.8 Å². The number of nitrogens with two attached hydrogens (primary N) is 1. The van der Waals surface area contributed by atoms with Crippen molar-refractivity contribution in [3.8, 4) is 0 Å². The molecule has 1 saturated carbocycles. The number of anilines is 1. The number of amides is 1. The van der Waals surface area contributed by atoms with Crippen molar-refractivity contribution in [2.75, 3.05) is 5.73 Å². The Morgan fingerprint density at radius 1 is 1.06 bits per heavy atom. The van der Waals surface area contributed by atoms with Crippen LogP contribution >= 0.6 is 0 Å². The van der Waals surface area contributed by atoms with Crippen LogP contribution in [0.3, 0.4) is 0 Å². The zero-order chi connectivity index (χ0) is 24.9. The predicted molar refractivity (Wildman–Crippen MR) is 125 cm³/mol. The third-order valence-corrected chi connectivity index (χ3v) is 5.62. The fourth-order valence-corrected chi connectivity index (χ4v) is 3.95. The molecule has 0 bridgehead atoms. The Balaban J connectivity index is 1.97. The predicted octanol–water partition coefficient (Wildman–Crippen LogP) is 5.38. The van der Waals surface area contributed by atoms with E-state index in [-0.39, 0.29) is 24.6 Å². The molecule has 184 valence electrons. The lowest BCUT2D eigenvalue weighted by molar-refractivity contribution is -0.155. The van der Waals surface area contributed by atoms with Crippen molar-refractivity contribution in [1.82, 2.24) is 4.90 Å². The van der Waals surface area contributed by atoms with Gasteiger partial charge in [0.15, 0.2) is 0 Å². The maximum atomic E-state index is 14.1. The van der Waals surface area contributed by atoms with E-state index < -0.39 is 41.0 Å². The van der Waals surface area contributed by atoms with Gasteiger partial charge in [-0.05, 0) is 69.7 Å². The maximum absolute atomic E-state index is 14.1. The summed E-state index contributed by atoms with van der Waals surface area (Å²) >= 11 is 0. The molecule has 0 spiro atoms. The van der Waals surface area contributed by atoms with Gasteiger partial charge in [-0.15, -0.1) is 0 Å². The fourth-order valence-electron chi connectivity index (χ4n) is 3.95. The molecule has 0 aliphatic heterocycles. The van der Waals surface area contributed by atoms with Gasteiger partial charge in [-0.2, -0.15) is 0 Å². The molecule has 1 aliphatic carbocycles. The zero-order valence-corrected chi connectivity index (χ0v) is 19.9. The van der Waals surface area contributed by atoms with Crippen LogP contribution in [0, 0.1) is 11.6 Å². The molecule has 8 heteroatoms. The van der Waals surface area contributed by atoms with Crippen molar-refractivity contribution in [2.24, 2.45) is 0 Å². The second-order valence-electron chi connectivity index (χ2n) is 9.63. The van der Waals surface area contributed by atoms with Gasteiger partial charge in [-0.1, -0.05) is 30.3 Å². The minimum Gasteiger partial charge on any atom is -0.461 e. The number of benzene rings is 2. The lowest BCUT2D eigenvalue weighted by Gasteiger charge is -2.33. The summed E-state index contributed by atoms with van der Waals surface area (Å²) in [6, 6.07) is 10.2. The van der Waals surface area contributed by atoms with Gasteiger partial charge in [0.2, 0.25) is 0 Å². The summed E-state index contributed by atoms with van der Waals surface area (Å²) in [5.74, 6) is -2.45. The first-order chi connectivity index (χ1) is 16.0. The highest BCUT2D eigenvalue weighted by Crippen LogP contribution is 2.25. The topological polar surface area (TPSA) is 81.9 Å². The fraction of sp³-hybridized carbons (Fsp3) is 0.462. The van der Waals surface area contributed by atoms with Crippen LogP contribution in [0.25, 0.3) is 0 Å². The Hall–Kier alpha value is -3.16. The molecular weight excluding hydrogens is 442 g/mol. The molecule has 0 unspecified atom stereocenters. The molecule has 2 aromatic rings. The molecular formula is C26H32F2N2O4. The smallest absolute Gasteiger partial charge is 0.411 e. The summed E-state index contributed by atoms with van der Waals surface area (Å²) in [6.45, 7) is 4.85. The van der Waals surface area contributed by atoms with Gasteiger partial charge in [0.25, 0.3) is 0 Å². The number of esters is 1. The number of ether oxygens (including phenoxy) is 2. The van der Waals surface area contributed by atoms with Gasteiger partial charge >= 0.3 is 12.1 Å². The second kappa shape index (κ2) is 10.8. The first kappa shape index (κ1) is 25.5. The van der Waals surface area contributed by atoms with Crippen LogP contribution in [-0.4, -0.2) is 34.7 Å². The number of halogens is 2. The summed E-state index contributed by atoms with van der Waals surface area (Å²) in [6.07, 6.45) is 2.65. The van der Waals surface area contributed by atoms with Crippen LogP contribution in [-0.2, 0) is 27.2 Å². The number of hydrogen-bond donors (Lipinski definition) is 1. The van der Waals surface area contributed by atoms with Crippen molar-refractivity contribution >= 4 is 17.7 Å². The molecule has 2 aromatic carbocycles. The first-order valence-electron chi connectivity index (χ1n) is 11.5. The highest BCUT2D eigenvalue weighted by molar-refractivity contribution is 5.82. The highest BCUT2D eigenvalue weighted by Gasteiger charge is 2.36. The first-order valence-corrected chi connectivity index (χ1v) is 11.5. The molecule has 3 rings (SSSR count). The van der Waals surface area contributed by atoms with E-state index in [1.54, 1.807) is 20.8 Å². The van der Waals surface area contributed by atoms with E-state index in [0.29, 0.717) is 0 Å². The van der Waals surface area contributed by atoms with Crippen LogP contribution < -0.4 is 5.73 Å². The van der Waals surface area contributed by atoms with E-state index in [2.05, 4.69) is 0 Å². The molecule has 1 atom stereocenters. The van der Waals surface area contributed by atoms with E-state index in [4.69, 9.17) is 15.2 Å². The standard InChI is InChI=1S/C26H32F2N2O4/c1-26(2,3)34-25(32)30(16-18-13-20(27)23(29)21(28)14-18)22(15-17-9-5-4-6-10-17)24(31)33-19-11-7-8-12-19/h4-6,9-10,13-14,19,22H,7-8,11-12,15-16,29H2,1-3H3/t22-/m0/s1. The summed E-state index contributed by atoms with van der Waals surface area (Å²) in [5, 5.41) is 0. The average molecular weight is 475 g/mol. The van der Waals surface area contributed by atoms with Gasteiger partial charge in [0.05, 0.1) is 6.54 Å². The van der Waals surface area contributed by atoms with Gasteiger partial charge in [0, 0.05) is 6.42 Å². The molecule has 0 aromatic heterocycles. The average Bonchev–Trinajstić information content (AvgIpc) is 3.26. The second-order valence-corrected chi connectivity index (χ2v) is 9.63. The van der Waals surface area contributed by atoms with Crippen LogP contribution in [0.15, 0.2) is 42.5 Å². The van der Waals surface area contributed by atoms with Gasteiger partial charge in [-0.3, -0.25) is 4.90 Å². The molecule has 6 nitrogen and oxygen atoms in total. The number of carbonyl (C=O) groups excluding carboxylic acids is 2. The third-order valence-electron chi connectivity index (χ3n) is 5.62. The number of nitrogens with zero attached hydrogens (tertiary/aromatic N) is 1. The van der Waals surface area contributed by atoms with E-state index in [9.17, 15) is 18.4 Å². The molecule has 0 radical (unpaired) electrons. The number of nitrogen functional groups attached to an aromatic ring is 1. The molecule has 2 N–H and O–H groups in total. The van der Waals surface area contributed by atoms with E-state index >= 15 is 0 Å². The van der Waals surface area contributed by atoms with Crippen LogP contribution in [0.2, 0.25) is 0 Å². The number of carbonyl (C=O) groups is 2. The Labute approximate surface area is 199 Å². The number of hydrogen-bond acceptors (Lipinski definition) is 5. The summed E-state index contributed by atoms with van der Waals surface area (Å²) in [7, 11) is 0. The van der Waals surface area contributed by atoms with Gasteiger partial charge in [0.1, 0.15) is 35.1 Å². The summed E-state index contributed by atoms with van der Waals surface area (Å²) in [5.41, 5.74) is 4.89. The maximum Gasteiger partial charge on any atom is 0.411 e. The Morgan fingerprint density at radius 2 is 1.65 bits per heavy atom. The van der Waals surface area contributed by atoms with Crippen LogP contribution in [0.5, 0.6) is 0 Å². The van der Waals surface area contributed by atoms with Crippen molar-refractivity contribution in [2.45, 2.75) is 77.2 Å². The minimum absolute atomic E-state index is 0.141. The Morgan fingerprint density at radius 3 is 2.21 bits per heavy atom. The van der Waals surface area contributed by atoms with Crippen molar-refractivity contribution in [3.05, 3.63) is 65.2 Å². The molecule has 1 aliphatic rings. The van der Waals surface area contributed by atoms with Crippen LogP contribution in [0.4, 0.5) is 19.3 Å². The van der Waals surface area contributed by atoms with E-state index in [0.717, 1.165) is 43.4 Å². The molecule has 0 saturated heterocycles. The van der Waals surface area contributed by atoms with Gasteiger partial charge < -0.3 is 15.2 Å². The van der Waals surface area contributed by atoms with E-state index in [1.807, 2.05) is 30.3 Å². The van der Waals surface area contributed by atoms with Crippen molar-refractivity contribution in [1.29, 1.82) is 0 Å². The quantitative estimate of drug-likeness (QED) is 0.430. The van der Waals surface area contributed by atoms with Crippen LogP contribution in [0.1, 0.15) is 57.6 Å². The Kier molecular flexibility index (Phi) is 8.12. The highest BCUT2D eigenvalue weighted by atomic mass is 19.1.